The van der Waals surface area contributed by atoms with Gasteiger partial charge in [-0.2, -0.15) is 0 Å². The van der Waals surface area contributed by atoms with Crippen LogP contribution in [0, 0.1) is 0 Å². The highest BCUT2D eigenvalue weighted by Gasteiger charge is 2.03. The summed E-state index contributed by atoms with van der Waals surface area (Å²) in [6, 6.07) is 19.6. The molecule has 0 fully saturated rings. The minimum Gasteiger partial charge on any atom is -0.312 e. The van der Waals surface area contributed by atoms with Crippen molar-refractivity contribution in [3.05, 3.63) is 71.3 Å². The first-order chi connectivity index (χ1) is 9.29. The SMILES string of the molecule is CCc1ccc(CNCC(C)c2ccccc2)cc1. The fourth-order valence-corrected chi connectivity index (χ4v) is 2.23. The Morgan fingerprint density at radius 1 is 0.895 bits per heavy atom. The largest absolute Gasteiger partial charge is 0.312 e. The lowest BCUT2D eigenvalue weighted by Crippen LogP contribution is -2.19. The fraction of sp³-hybridized carbons (Fsp3) is 0.333. The van der Waals surface area contributed by atoms with E-state index in [-0.39, 0.29) is 0 Å². The van der Waals surface area contributed by atoms with Crippen LogP contribution in [0.2, 0.25) is 0 Å². The Morgan fingerprint density at radius 3 is 2.16 bits per heavy atom. The zero-order chi connectivity index (χ0) is 13.5. The summed E-state index contributed by atoms with van der Waals surface area (Å²) < 4.78 is 0. The van der Waals surface area contributed by atoms with Gasteiger partial charge in [-0.3, -0.25) is 0 Å². The van der Waals surface area contributed by atoms with Crippen LogP contribution in [-0.4, -0.2) is 6.54 Å². The van der Waals surface area contributed by atoms with Gasteiger partial charge in [-0.25, -0.2) is 0 Å². The monoisotopic (exact) mass is 253 g/mol. The maximum atomic E-state index is 3.54. The van der Waals surface area contributed by atoms with Gasteiger partial charge in [-0.1, -0.05) is 68.4 Å². The summed E-state index contributed by atoms with van der Waals surface area (Å²) in [5, 5.41) is 3.54. The van der Waals surface area contributed by atoms with Crippen LogP contribution in [0.1, 0.15) is 36.5 Å². The predicted molar refractivity (Wildman–Crippen MR) is 82.4 cm³/mol. The van der Waals surface area contributed by atoms with Gasteiger partial charge in [0.1, 0.15) is 0 Å². The number of aryl methyl sites for hydroxylation is 1. The highest BCUT2D eigenvalue weighted by Crippen LogP contribution is 2.13. The molecule has 19 heavy (non-hydrogen) atoms. The topological polar surface area (TPSA) is 12.0 Å². The van der Waals surface area contributed by atoms with Crippen molar-refractivity contribution >= 4 is 0 Å². The Labute approximate surface area is 116 Å². The van der Waals surface area contributed by atoms with Crippen LogP contribution >= 0.6 is 0 Å². The third-order valence-corrected chi connectivity index (χ3v) is 3.58. The molecule has 1 nitrogen and oxygen atoms in total. The zero-order valence-corrected chi connectivity index (χ0v) is 11.9. The van der Waals surface area contributed by atoms with Crippen LogP contribution in [0.25, 0.3) is 0 Å². The molecule has 0 saturated carbocycles. The van der Waals surface area contributed by atoms with Gasteiger partial charge in [-0.15, -0.1) is 0 Å². The molecule has 0 radical (unpaired) electrons. The van der Waals surface area contributed by atoms with Gasteiger partial charge in [0.2, 0.25) is 0 Å². The van der Waals surface area contributed by atoms with E-state index < -0.39 is 0 Å². The summed E-state index contributed by atoms with van der Waals surface area (Å²) >= 11 is 0. The predicted octanol–water partition coefficient (Wildman–Crippen LogP) is 4.14. The van der Waals surface area contributed by atoms with Gasteiger partial charge in [0.05, 0.1) is 0 Å². The van der Waals surface area contributed by atoms with Gasteiger partial charge < -0.3 is 5.32 Å². The third kappa shape index (κ3) is 4.22. The van der Waals surface area contributed by atoms with E-state index in [4.69, 9.17) is 0 Å². The van der Waals surface area contributed by atoms with Crippen molar-refractivity contribution in [2.45, 2.75) is 32.7 Å². The van der Waals surface area contributed by atoms with Gasteiger partial charge >= 0.3 is 0 Å². The maximum absolute atomic E-state index is 3.54. The number of hydrogen-bond donors (Lipinski definition) is 1. The van der Waals surface area contributed by atoms with Crippen LogP contribution in [0.4, 0.5) is 0 Å². The summed E-state index contributed by atoms with van der Waals surface area (Å²) in [5.74, 6) is 0.552. The van der Waals surface area contributed by atoms with Crippen LogP contribution in [-0.2, 0) is 13.0 Å². The van der Waals surface area contributed by atoms with Crippen molar-refractivity contribution in [1.29, 1.82) is 0 Å². The molecule has 0 aliphatic carbocycles. The average Bonchev–Trinajstić information content (AvgIpc) is 2.49. The summed E-state index contributed by atoms with van der Waals surface area (Å²) in [4.78, 5) is 0. The molecule has 0 amide bonds. The first kappa shape index (κ1) is 13.8. The fourth-order valence-electron chi connectivity index (χ4n) is 2.23. The van der Waals surface area contributed by atoms with Crippen molar-refractivity contribution < 1.29 is 0 Å². The highest BCUT2D eigenvalue weighted by atomic mass is 14.9. The van der Waals surface area contributed by atoms with E-state index in [9.17, 15) is 0 Å². The molecule has 2 aromatic rings. The second kappa shape index (κ2) is 7.10. The molecule has 0 heterocycles. The third-order valence-electron chi connectivity index (χ3n) is 3.58. The molecule has 2 aromatic carbocycles. The van der Waals surface area contributed by atoms with Crippen LogP contribution < -0.4 is 5.32 Å². The molecule has 0 aromatic heterocycles. The molecule has 0 saturated heterocycles. The summed E-state index contributed by atoms with van der Waals surface area (Å²) in [7, 11) is 0. The van der Waals surface area contributed by atoms with Gasteiger partial charge in [0.25, 0.3) is 0 Å². The number of benzene rings is 2. The average molecular weight is 253 g/mol. The van der Waals surface area contributed by atoms with Crippen molar-refractivity contribution in [2.75, 3.05) is 6.54 Å². The van der Waals surface area contributed by atoms with Gasteiger partial charge in [0, 0.05) is 13.1 Å². The lowest BCUT2D eigenvalue weighted by atomic mass is 10.0. The number of hydrogen-bond acceptors (Lipinski definition) is 1. The Kier molecular flexibility index (Phi) is 5.17. The van der Waals surface area contributed by atoms with Crippen molar-refractivity contribution in [3.63, 3.8) is 0 Å². The quantitative estimate of drug-likeness (QED) is 0.815. The van der Waals surface area contributed by atoms with Crippen LogP contribution in [0.5, 0.6) is 0 Å². The minimum atomic E-state index is 0.552. The molecular weight excluding hydrogens is 230 g/mol. The van der Waals surface area contributed by atoms with Gasteiger partial charge in [-0.05, 0) is 29.0 Å². The Bertz CT molecular complexity index is 473. The summed E-state index contributed by atoms with van der Waals surface area (Å²) in [6.45, 7) is 6.41. The Balaban J connectivity index is 1.79. The molecule has 1 heteroatoms. The van der Waals surface area contributed by atoms with E-state index in [1.807, 2.05) is 0 Å². The lowest BCUT2D eigenvalue weighted by Gasteiger charge is -2.13. The van der Waals surface area contributed by atoms with Crippen molar-refractivity contribution in [3.8, 4) is 0 Å². The minimum absolute atomic E-state index is 0.552. The van der Waals surface area contributed by atoms with E-state index in [2.05, 4.69) is 73.8 Å². The molecule has 0 spiro atoms. The second-order valence-corrected chi connectivity index (χ2v) is 5.11. The molecule has 0 bridgehead atoms. The summed E-state index contributed by atoms with van der Waals surface area (Å²) in [5.41, 5.74) is 4.16. The first-order valence-corrected chi connectivity index (χ1v) is 7.13. The number of nitrogens with one attached hydrogen (secondary N) is 1. The molecule has 0 aliphatic heterocycles. The van der Waals surface area contributed by atoms with E-state index >= 15 is 0 Å². The molecule has 0 aliphatic rings. The normalized spacial score (nSPS) is 12.3. The smallest absolute Gasteiger partial charge is 0.0205 e. The molecule has 2 rings (SSSR count). The van der Waals surface area contributed by atoms with E-state index in [1.54, 1.807) is 0 Å². The molecule has 100 valence electrons. The number of rotatable bonds is 6. The zero-order valence-electron chi connectivity index (χ0n) is 11.9. The molecule has 1 unspecified atom stereocenters. The Hall–Kier alpha value is -1.60. The standard InChI is InChI=1S/C18H23N/c1-3-16-9-11-17(12-10-16)14-19-13-15(2)18-7-5-4-6-8-18/h4-12,15,19H,3,13-14H2,1-2H3. The highest BCUT2D eigenvalue weighted by molar-refractivity contribution is 5.22. The second-order valence-electron chi connectivity index (χ2n) is 5.11. The lowest BCUT2D eigenvalue weighted by molar-refractivity contribution is 0.615. The van der Waals surface area contributed by atoms with Crippen molar-refractivity contribution in [2.24, 2.45) is 0 Å². The molecular formula is C18H23N. The van der Waals surface area contributed by atoms with E-state index in [1.165, 1.54) is 16.7 Å². The van der Waals surface area contributed by atoms with Gasteiger partial charge in [0.15, 0.2) is 0 Å². The van der Waals surface area contributed by atoms with Crippen LogP contribution in [0.15, 0.2) is 54.6 Å². The van der Waals surface area contributed by atoms with E-state index in [0.717, 1.165) is 19.5 Å². The first-order valence-electron chi connectivity index (χ1n) is 7.13. The Morgan fingerprint density at radius 2 is 1.53 bits per heavy atom. The van der Waals surface area contributed by atoms with Crippen LogP contribution in [0.3, 0.4) is 0 Å². The van der Waals surface area contributed by atoms with E-state index in [0.29, 0.717) is 5.92 Å². The van der Waals surface area contributed by atoms with Crippen molar-refractivity contribution in [1.82, 2.24) is 5.32 Å². The maximum Gasteiger partial charge on any atom is 0.0205 e. The molecule has 1 N–H and O–H groups in total. The molecule has 1 atom stereocenters. The summed E-state index contributed by atoms with van der Waals surface area (Å²) in [6.07, 6.45) is 1.11.